The van der Waals surface area contributed by atoms with E-state index in [1.807, 2.05) is 44.2 Å². The van der Waals surface area contributed by atoms with Crippen molar-refractivity contribution in [3.63, 3.8) is 0 Å². The van der Waals surface area contributed by atoms with Crippen molar-refractivity contribution >= 4 is 0 Å². The zero-order valence-electron chi connectivity index (χ0n) is 10.1. The Hall–Kier alpha value is -1.96. The van der Waals surface area contributed by atoms with E-state index in [-0.39, 0.29) is 0 Å². The highest BCUT2D eigenvalue weighted by atomic mass is 16.5. The summed E-state index contributed by atoms with van der Waals surface area (Å²) in [4.78, 5) is 0. The standard InChI is InChI=1S/C15H16O2/c1-3-17-14-7-4-12(5-8-14)15-9-6-13(16)10-11(15)2/h4-10,16H,3H2,1-2H3. The zero-order chi connectivity index (χ0) is 12.3. The predicted octanol–water partition coefficient (Wildman–Crippen LogP) is 3.77. The maximum absolute atomic E-state index is 9.38. The lowest BCUT2D eigenvalue weighted by Gasteiger charge is -2.08. The van der Waals surface area contributed by atoms with Gasteiger partial charge in [-0.15, -0.1) is 0 Å². The van der Waals surface area contributed by atoms with Crippen molar-refractivity contribution in [3.05, 3.63) is 48.0 Å². The van der Waals surface area contributed by atoms with Gasteiger partial charge in [-0.05, 0) is 54.8 Å². The third kappa shape index (κ3) is 2.59. The van der Waals surface area contributed by atoms with Crippen LogP contribution in [0.15, 0.2) is 42.5 Å². The second-order valence-electron chi connectivity index (χ2n) is 3.96. The molecule has 0 saturated heterocycles. The van der Waals surface area contributed by atoms with E-state index in [1.54, 1.807) is 12.1 Å². The fourth-order valence-corrected chi connectivity index (χ4v) is 1.87. The Balaban J connectivity index is 2.33. The first kappa shape index (κ1) is 11.5. The van der Waals surface area contributed by atoms with E-state index in [4.69, 9.17) is 4.74 Å². The van der Waals surface area contributed by atoms with Crippen LogP contribution in [0.25, 0.3) is 11.1 Å². The minimum atomic E-state index is 0.303. The van der Waals surface area contributed by atoms with Gasteiger partial charge in [0.25, 0.3) is 0 Å². The molecular formula is C15H16O2. The summed E-state index contributed by atoms with van der Waals surface area (Å²) in [6, 6.07) is 13.4. The number of phenols is 1. The van der Waals surface area contributed by atoms with Gasteiger partial charge in [-0.3, -0.25) is 0 Å². The van der Waals surface area contributed by atoms with Gasteiger partial charge in [0.1, 0.15) is 11.5 Å². The first-order chi connectivity index (χ1) is 8.20. The molecular weight excluding hydrogens is 212 g/mol. The van der Waals surface area contributed by atoms with Gasteiger partial charge >= 0.3 is 0 Å². The molecule has 0 aliphatic carbocycles. The second-order valence-corrected chi connectivity index (χ2v) is 3.96. The van der Waals surface area contributed by atoms with E-state index in [9.17, 15) is 5.11 Å². The largest absolute Gasteiger partial charge is 0.508 e. The molecule has 88 valence electrons. The fraction of sp³-hybridized carbons (Fsp3) is 0.200. The molecule has 0 unspecified atom stereocenters. The molecule has 2 aromatic carbocycles. The van der Waals surface area contributed by atoms with Crippen LogP contribution in [0, 0.1) is 6.92 Å². The number of rotatable bonds is 3. The first-order valence-electron chi connectivity index (χ1n) is 5.73. The number of aryl methyl sites for hydroxylation is 1. The molecule has 2 nitrogen and oxygen atoms in total. The summed E-state index contributed by atoms with van der Waals surface area (Å²) in [5, 5.41) is 9.38. The Labute approximate surface area is 101 Å². The van der Waals surface area contributed by atoms with Gasteiger partial charge in [-0.1, -0.05) is 18.2 Å². The highest BCUT2D eigenvalue weighted by Gasteiger charge is 2.03. The van der Waals surface area contributed by atoms with Crippen LogP contribution in [-0.2, 0) is 0 Å². The molecule has 0 heterocycles. The van der Waals surface area contributed by atoms with Crippen LogP contribution < -0.4 is 4.74 Å². The molecule has 1 N–H and O–H groups in total. The predicted molar refractivity (Wildman–Crippen MR) is 69.4 cm³/mol. The summed E-state index contributed by atoms with van der Waals surface area (Å²) in [5.41, 5.74) is 3.32. The van der Waals surface area contributed by atoms with E-state index in [2.05, 4.69) is 0 Å². The Morgan fingerprint density at radius 2 is 1.76 bits per heavy atom. The minimum absolute atomic E-state index is 0.303. The molecule has 2 heteroatoms. The van der Waals surface area contributed by atoms with Crippen molar-refractivity contribution in [1.29, 1.82) is 0 Å². The van der Waals surface area contributed by atoms with Gasteiger partial charge in [-0.25, -0.2) is 0 Å². The summed E-state index contributed by atoms with van der Waals surface area (Å²) >= 11 is 0. The van der Waals surface area contributed by atoms with Crippen LogP contribution in [0.1, 0.15) is 12.5 Å². The smallest absolute Gasteiger partial charge is 0.119 e. The summed E-state index contributed by atoms with van der Waals surface area (Å²) in [6.45, 7) is 4.64. The van der Waals surface area contributed by atoms with Crippen LogP contribution in [0.5, 0.6) is 11.5 Å². The number of hydrogen-bond donors (Lipinski definition) is 1. The van der Waals surface area contributed by atoms with E-state index in [0.717, 1.165) is 22.4 Å². The summed E-state index contributed by atoms with van der Waals surface area (Å²) in [6.07, 6.45) is 0. The Morgan fingerprint density at radius 1 is 1.06 bits per heavy atom. The Kier molecular flexibility index (Phi) is 3.33. The number of benzene rings is 2. The van der Waals surface area contributed by atoms with Gasteiger partial charge in [-0.2, -0.15) is 0 Å². The quantitative estimate of drug-likeness (QED) is 0.866. The minimum Gasteiger partial charge on any atom is -0.508 e. The molecule has 17 heavy (non-hydrogen) atoms. The number of ether oxygens (including phenoxy) is 1. The molecule has 0 aromatic heterocycles. The van der Waals surface area contributed by atoms with Gasteiger partial charge in [0, 0.05) is 0 Å². The molecule has 2 aromatic rings. The Morgan fingerprint density at radius 3 is 2.35 bits per heavy atom. The molecule has 0 spiro atoms. The summed E-state index contributed by atoms with van der Waals surface area (Å²) < 4.78 is 5.41. The maximum atomic E-state index is 9.38. The summed E-state index contributed by atoms with van der Waals surface area (Å²) in [5.74, 6) is 1.19. The zero-order valence-corrected chi connectivity index (χ0v) is 10.1. The van der Waals surface area contributed by atoms with Gasteiger partial charge < -0.3 is 9.84 Å². The molecule has 0 amide bonds. The van der Waals surface area contributed by atoms with Crippen molar-refractivity contribution < 1.29 is 9.84 Å². The van der Waals surface area contributed by atoms with Gasteiger partial charge in [0.2, 0.25) is 0 Å². The van der Waals surface area contributed by atoms with Gasteiger partial charge in [0.05, 0.1) is 6.61 Å². The maximum Gasteiger partial charge on any atom is 0.119 e. The normalized spacial score (nSPS) is 10.2. The molecule has 0 aliphatic heterocycles. The lowest BCUT2D eigenvalue weighted by Crippen LogP contribution is -1.91. The van der Waals surface area contributed by atoms with Crippen LogP contribution in [0.4, 0.5) is 0 Å². The lowest BCUT2D eigenvalue weighted by molar-refractivity contribution is 0.340. The first-order valence-corrected chi connectivity index (χ1v) is 5.73. The third-order valence-corrected chi connectivity index (χ3v) is 2.69. The van der Waals surface area contributed by atoms with Crippen LogP contribution in [0.3, 0.4) is 0 Å². The van der Waals surface area contributed by atoms with Crippen LogP contribution >= 0.6 is 0 Å². The van der Waals surface area contributed by atoms with Crippen molar-refractivity contribution in [1.82, 2.24) is 0 Å². The number of aromatic hydroxyl groups is 1. The number of hydrogen-bond acceptors (Lipinski definition) is 2. The van der Waals surface area contributed by atoms with E-state index in [1.165, 1.54) is 0 Å². The number of phenolic OH excluding ortho intramolecular Hbond substituents is 1. The highest BCUT2D eigenvalue weighted by molar-refractivity contribution is 5.68. The van der Waals surface area contributed by atoms with E-state index in [0.29, 0.717) is 12.4 Å². The average Bonchev–Trinajstić information content (AvgIpc) is 2.31. The molecule has 0 bridgehead atoms. The van der Waals surface area contributed by atoms with Crippen LogP contribution in [-0.4, -0.2) is 11.7 Å². The average molecular weight is 228 g/mol. The topological polar surface area (TPSA) is 29.5 Å². The van der Waals surface area contributed by atoms with E-state index >= 15 is 0 Å². The van der Waals surface area contributed by atoms with E-state index < -0.39 is 0 Å². The van der Waals surface area contributed by atoms with Crippen molar-refractivity contribution in [3.8, 4) is 22.6 Å². The Bertz CT molecular complexity index is 501. The van der Waals surface area contributed by atoms with Crippen molar-refractivity contribution in [2.75, 3.05) is 6.61 Å². The van der Waals surface area contributed by atoms with Crippen molar-refractivity contribution in [2.24, 2.45) is 0 Å². The molecule has 0 aliphatic rings. The molecule has 0 atom stereocenters. The molecule has 0 fully saturated rings. The lowest BCUT2D eigenvalue weighted by atomic mass is 10.0. The molecule has 0 radical (unpaired) electrons. The van der Waals surface area contributed by atoms with Crippen molar-refractivity contribution in [2.45, 2.75) is 13.8 Å². The summed E-state index contributed by atoms with van der Waals surface area (Å²) in [7, 11) is 0. The third-order valence-electron chi connectivity index (χ3n) is 2.69. The van der Waals surface area contributed by atoms with Gasteiger partial charge in [0.15, 0.2) is 0 Å². The fourth-order valence-electron chi connectivity index (χ4n) is 1.87. The SMILES string of the molecule is CCOc1ccc(-c2ccc(O)cc2C)cc1. The van der Waals surface area contributed by atoms with Crippen LogP contribution in [0.2, 0.25) is 0 Å². The molecule has 2 rings (SSSR count). The highest BCUT2D eigenvalue weighted by Crippen LogP contribution is 2.27. The monoisotopic (exact) mass is 228 g/mol. The molecule has 0 saturated carbocycles. The second kappa shape index (κ2) is 4.91.